The molecule has 0 unspecified atom stereocenters. The third-order valence-electron chi connectivity index (χ3n) is 5.60. The van der Waals surface area contributed by atoms with Crippen molar-refractivity contribution in [3.8, 4) is 0 Å². The van der Waals surface area contributed by atoms with Crippen molar-refractivity contribution < 1.29 is 0 Å². The van der Waals surface area contributed by atoms with Crippen molar-refractivity contribution in [2.24, 2.45) is 0 Å². The van der Waals surface area contributed by atoms with Crippen LogP contribution in [0.4, 0.5) is 11.4 Å². The van der Waals surface area contributed by atoms with Crippen molar-refractivity contribution in [1.82, 2.24) is 0 Å². The smallest absolute Gasteiger partial charge is 0.0387 e. The lowest BCUT2D eigenvalue weighted by Gasteiger charge is -2.23. The van der Waals surface area contributed by atoms with Gasteiger partial charge >= 0.3 is 0 Å². The van der Waals surface area contributed by atoms with Crippen LogP contribution in [0.2, 0.25) is 0 Å². The maximum atomic E-state index is 4.05. The Hall–Kier alpha value is -3.06. The van der Waals surface area contributed by atoms with Crippen molar-refractivity contribution in [1.29, 1.82) is 0 Å². The number of anilines is 2. The molecular formula is C30H37N. The molecule has 0 amide bonds. The summed E-state index contributed by atoms with van der Waals surface area (Å²) < 4.78 is 0. The predicted molar refractivity (Wildman–Crippen MR) is 140 cm³/mol. The van der Waals surface area contributed by atoms with E-state index in [0.717, 1.165) is 24.2 Å². The highest BCUT2D eigenvalue weighted by Gasteiger charge is 2.35. The van der Waals surface area contributed by atoms with Gasteiger partial charge in [-0.25, -0.2) is 0 Å². The van der Waals surface area contributed by atoms with Crippen molar-refractivity contribution in [3.05, 3.63) is 115 Å². The number of hydrogen-bond donors (Lipinski definition) is 1. The molecule has 0 radical (unpaired) electrons. The van der Waals surface area contributed by atoms with E-state index in [2.05, 4.69) is 107 Å². The molecule has 2 aromatic carbocycles. The zero-order chi connectivity index (χ0) is 22.9. The Morgan fingerprint density at radius 2 is 1.61 bits per heavy atom. The number of benzene rings is 2. The van der Waals surface area contributed by atoms with E-state index in [-0.39, 0.29) is 5.41 Å². The predicted octanol–water partition coefficient (Wildman–Crippen LogP) is 8.94. The van der Waals surface area contributed by atoms with Crippen LogP contribution in [0.3, 0.4) is 0 Å². The van der Waals surface area contributed by atoms with Gasteiger partial charge in [-0.2, -0.15) is 0 Å². The second-order valence-electron chi connectivity index (χ2n) is 8.31. The van der Waals surface area contributed by atoms with E-state index in [9.17, 15) is 0 Å². The molecule has 0 saturated carbocycles. The van der Waals surface area contributed by atoms with Crippen LogP contribution in [0, 0.1) is 0 Å². The Kier molecular flexibility index (Phi) is 8.88. The number of unbranched alkanes of at least 4 members (excludes halogenated alkanes) is 1. The van der Waals surface area contributed by atoms with Crippen LogP contribution < -0.4 is 5.32 Å². The minimum atomic E-state index is -0.0442. The first-order valence-corrected chi connectivity index (χ1v) is 11.1. The molecule has 1 N–H and O–H groups in total. The molecule has 0 fully saturated rings. The van der Waals surface area contributed by atoms with Gasteiger partial charge in [0.2, 0.25) is 0 Å². The number of allylic oxidation sites excluding steroid dienone is 7. The molecule has 1 aliphatic rings. The van der Waals surface area contributed by atoms with Gasteiger partial charge in [0.05, 0.1) is 0 Å². The van der Waals surface area contributed by atoms with E-state index in [4.69, 9.17) is 0 Å². The van der Waals surface area contributed by atoms with Crippen molar-refractivity contribution in [3.63, 3.8) is 0 Å². The first-order valence-electron chi connectivity index (χ1n) is 11.1. The Labute approximate surface area is 189 Å². The lowest BCUT2D eigenvalue weighted by Crippen LogP contribution is -2.16. The van der Waals surface area contributed by atoms with E-state index in [1.165, 1.54) is 34.3 Å². The van der Waals surface area contributed by atoms with Crippen LogP contribution in [0.5, 0.6) is 0 Å². The molecule has 1 nitrogen and oxygen atoms in total. The fraction of sp³-hybridized carbons (Fsp3) is 0.267. The van der Waals surface area contributed by atoms with Crippen LogP contribution in [0.1, 0.15) is 57.2 Å². The summed E-state index contributed by atoms with van der Waals surface area (Å²) in [6.45, 7) is 20.1. The summed E-state index contributed by atoms with van der Waals surface area (Å²) in [5, 5.41) is 3.53. The molecule has 0 aliphatic heterocycles. The largest absolute Gasteiger partial charge is 0.356 e. The van der Waals surface area contributed by atoms with Crippen molar-refractivity contribution in [2.75, 3.05) is 5.32 Å². The fourth-order valence-corrected chi connectivity index (χ4v) is 3.97. The Morgan fingerprint density at radius 3 is 2.13 bits per heavy atom. The van der Waals surface area contributed by atoms with Gasteiger partial charge in [0.1, 0.15) is 0 Å². The normalized spacial score (nSPS) is 13.9. The molecule has 3 rings (SSSR count). The van der Waals surface area contributed by atoms with Gasteiger partial charge in [0.15, 0.2) is 0 Å². The quantitative estimate of drug-likeness (QED) is 0.427. The van der Waals surface area contributed by atoms with Crippen LogP contribution in [0.25, 0.3) is 5.57 Å². The second-order valence-corrected chi connectivity index (χ2v) is 8.31. The summed E-state index contributed by atoms with van der Waals surface area (Å²) in [5.74, 6) is 0. The second kappa shape index (κ2) is 11.4. The number of hydrogen-bond acceptors (Lipinski definition) is 1. The van der Waals surface area contributed by atoms with E-state index in [1.807, 2.05) is 18.2 Å². The summed E-state index contributed by atoms with van der Waals surface area (Å²) in [4.78, 5) is 0. The van der Waals surface area contributed by atoms with E-state index in [0.29, 0.717) is 0 Å². The topological polar surface area (TPSA) is 12.0 Å². The third kappa shape index (κ3) is 5.76. The van der Waals surface area contributed by atoms with Crippen molar-refractivity contribution in [2.45, 2.75) is 52.4 Å². The van der Waals surface area contributed by atoms with E-state index < -0.39 is 0 Å². The molecule has 31 heavy (non-hydrogen) atoms. The minimum absolute atomic E-state index is 0.0442. The Balaban J connectivity index is 0.000000614. The minimum Gasteiger partial charge on any atom is -0.356 e. The average Bonchev–Trinajstić information content (AvgIpc) is 2.97. The summed E-state index contributed by atoms with van der Waals surface area (Å²) in [7, 11) is 0. The molecule has 0 saturated heterocycles. The zero-order valence-electron chi connectivity index (χ0n) is 19.7. The number of rotatable bonds is 8. The number of nitrogens with one attached hydrogen (secondary N) is 1. The van der Waals surface area contributed by atoms with Gasteiger partial charge in [-0.15, -0.1) is 13.2 Å². The molecule has 0 heterocycles. The molecule has 162 valence electrons. The van der Waals surface area contributed by atoms with Crippen LogP contribution in [0.15, 0.2) is 98.2 Å². The van der Waals surface area contributed by atoms with Crippen LogP contribution >= 0.6 is 0 Å². The van der Waals surface area contributed by atoms with Gasteiger partial charge in [0, 0.05) is 16.8 Å². The lowest BCUT2D eigenvalue weighted by molar-refractivity contribution is 0.655. The highest BCUT2D eigenvalue weighted by molar-refractivity contribution is 5.88. The maximum Gasteiger partial charge on any atom is 0.0387 e. The Bertz CT molecular complexity index is 968. The maximum absolute atomic E-state index is 4.05. The molecule has 0 aromatic heterocycles. The summed E-state index contributed by atoms with van der Waals surface area (Å²) in [5.41, 5.74) is 8.65. The highest BCUT2D eigenvalue weighted by atomic mass is 14.9. The monoisotopic (exact) mass is 411 g/mol. The first kappa shape index (κ1) is 24.2. The third-order valence-corrected chi connectivity index (χ3v) is 5.60. The van der Waals surface area contributed by atoms with Crippen LogP contribution in [-0.4, -0.2) is 0 Å². The van der Waals surface area contributed by atoms with E-state index in [1.54, 1.807) is 0 Å². The molecule has 1 aliphatic carbocycles. The van der Waals surface area contributed by atoms with E-state index >= 15 is 0 Å². The molecular weight excluding hydrogens is 374 g/mol. The summed E-state index contributed by atoms with van der Waals surface area (Å²) in [6.07, 6.45) is 13.4. The standard InChI is InChI=1S/C25H27N.C5H10/c1-6-9-18-11-13-19(14-12-18)26-20-15-16-22-21(10-7-2)23(8-3)25(4,5)24(22)17-20;1-3-5-4-2/h6-8,10-17,26H,1,3,9H2,2,4-5H3;3H,1,4-5H2,2H3/b10-7-;. The van der Waals surface area contributed by atoms with Gasteiger partial charge < -0.3 is 5.32 Å². The van der Waals surface area contributed by atoms with Crippen molar-refractivity contribution >= 4 is 16.9 Å². The van der Waals surface area contributed by atoms with Gasteiger partial charge in [0.25, 0.3) is 0 Å². The molecule has 0 atom stereocenters. The lowest BCUT2D eigenvalue weighted by atomic mass is 9.81. The fourth-order valence-electron chi connectivity index (χ4n) is 3.97. The molecule has 2 aromatic rings. The van der Waals surface area contributed by atoms with Crippen LogP contribution in [-0.2, 0) is 11.8 Å². The van der Waals surface area contributed by atoms with Gasteiger partial charge in [-0.05, 0) is 71.9 Å². The zero-order valence-corrected chi connectivity index (χ0v) is 19.7. The first-order chi connectivity index (χ1) is 14.9. The SMILES string of the molecule is C=CCCC.C=CCc1ccc(Nc2ccc3c(c2)C(C)(C)C(C=C)=C3/C=C\C)cc1. The Morgan fingerprint density at radius 1 is 0.935 bits per heavy atom. The average molecular weight is 412 g/mol. The molecule has 0 spiro atoms. The summed E-state index contributed by atoms with van der Waals surface area (Å²) >= 11 is 0. The highest BCUT2D eigenvalue weighted by Crippen LogP contribution is 2.48. The van der Waals surface area contributed by atoms with Gasteiger partial charge in [-0.1, -0.05) is 82.4 Å². The molecule has 1 heteroatoms. The summed E-state index contributed by atoms with van der Waals surface area (Å²) in [6, 6.07) is 15.2. The number of fused-ring (bicyclic) bond motifs is 1. The van der Waals surface area contributed by atoms with Gasteiger partial charge in [-0.3, -0.25) is 0 Å². The molecule has 0 bridgehead atoms.